The molecule has 0 atom stereocenters. The van der Waals surface area contributed by atoms with Gasteiger partial charge in [0.2, 0.25) is 5.95 Å². The third kappa shape index (κ3) is 2.05. The molecule has 0 aliphatic heterocycles. The topological polar surface area (TPSA) is 43.8 Å². The Morgan fingerprint density at radius 1 is 1.17 bits per heavy atom. The molecule has 2 aromatic rings. The highest BCUT2D eigenvalue weighted by atomic mass is 19.4. The van der Waals surface area contributed by atoms with Crippen LogP contribution >= 0.6 is 0 Å². The summed E-state index contributed by atoms with van der Waals surface area (Å²) in [6, 6.07) is 4.88. The summed E-state index contributed by atoms with van der Waals surface area (Å²) in [6.45, 7) is 1.82. The van der Waals surface area contributed by atoms with Crippen molar-refractivity contribution in [2.45, 2.75) is 13.1 Å². The first kappa shape index (κ1) is 12.5. The third-order valence-electron chi connectivity index (χ3n) is 2.90. The lowest BCUT2D eigenvalue weighted by molar-refractivity contribution is -0.137. The van der Waals surface area contributed by atoms with E-state index in [0.717, 1.165) is 17.8 Å². The lowest BCUT2D eigenvalue weighted by atomic mass is 10.1. The molecule has 1 aromatic carbocycles. The van der Waals surface area contributed by atoms with Crippen molar-refractivity contribution in [2.75, 3.05) is 5.73 Å². The van der Waals surface area contributed by atoms with Gasteiger partial charge in [-0.05, 0) is 19.1 Å². The van der Waals surface area contributed by atoms with E-state index in [1.54, 1.807) is 11.6 Å². The minimum Gasteiger partial charge on any atom is -0.369 e. The Morgan fingerprint density at radius 3 is 2.11 bits per heavy atom. The van der Waals surface area contributed by atoms with Crippen molar-refractivity contribution in [1.29, 1.82) is 0 Å². The van der Waals surface area contributed by atoms with Crippen LogP contribution < -0.4 is 5.73 Å². The molecule has 6 heteroatoms. The number of nitrogens with two attached hydrogens (primary N) is 1. The van der Waals surface area contributed by atoms with Gasteiger partial charge in [0, 0.05) is 18.3 Å². The summed E-state index contributed by atoms with van der Waals surface area (Å²) in [5.74, 6) is 0.336. The van der Waals surface area contributed by atoms with Crippen LogP contribution in [0.4, 0.5) is 19.1 Å². The van der Waals surface area contributed by atoms with E-state index in [4.69, 9.17) is 5.73 Å². The molecule has 0 amide bonds. The quantitative estimate of drug-likeness (QED) is 0.851. The zero-order valence-corrected chi connectivity index (χ0v) is 9.92. The fourth-order valence-corrected chi connectivity index (χ4v) is 1.69. The van der Waals surface area contributed by atoms with Gasteiger partial charge in [-0.15, -0.1) is 0 Å². The van der Waals surface area contributed by atoms with Crippen LogP contribution in [0.3, 0.4) is 0 Å². The Balaban J connectivity index is 2.44. The second-order valence-corrected chi connectivity index (χ2v) is 4.04. The number of hydrogen-bond donors (Lipinski definition) is 1. The standard InChI is InChI=1S/C12H12F3N3/c1-7-10(17-11(16)18(7)2)8-3-5-9(6-4-8)12(13,14)15/h3-6H,1-2H3,(H2,16,17). The van der Waals surface area contributed by atoms with Crippen molar-refractivity contribution in [2.24, 2.45) is 7.05 Å². The van der Waals surface area contributed by atoms with Crippen LogP contribution in [0.2, 0.25) is 0 Å². The van der Waals surface area contributed by atoms with Crippen molar-refractivity contribution in [1.82, 2.24) is 9.55 Å². The average Bonchev–Trinajstić information content (AvgIpc) is 2.56. The summed E-state index contributed by atoms with van der Waals surface area (Å²) in [7, 11) is 1.76. The van der Waals surface area contributed by atoms with Crippen LogP contribution in [-0.4, -0.2) is 9.55 Å². The van der Waals surface area contributed by atoms with E-state index in [1.807, 2.05) is 6.92 Å². The van der Waals surface area contributed by atoms with Crippen molar-refractivity contribution < 1.29 is 13.2 Å². The summed E-state index contributed by atoms with van der Waals surface area (Å²) in [4.78, 5) is 4.13. The summed E-state index contributed by atoms with van der Waals surface area (Å²) >= 11 is 0. The Hall–Kier alpha value is -1.98. The third-order valence-corrected chi connectivity index (χ3v) is 2.90. The van der Waals surface area contributed by atoms with Gasteiger partial charge in [-0.3, -0.25) is 0 Å². The van der Waals surface area contributed by atoms with Crippen LogP contribution in [0.15, 0.2) is 24.3 Å². The Kier molecular flexibility index (Phi) is 2.80. The molecule has 1 heterocycles. The largest absolute Gasteiger partial charge is 0.416 e. The predicted octanol–water partition coefficient (Wildman–Crippen LogP) is 3.00. The highest BCUT2D eigenvalue weighted by molar-refractivity contribution is 5.64. The second kappa shape index (κ2) is 4.04. The minimum atomic E-state index is -4.32. The molecule has 0 unspecified atom stereocenters. The molecule has 0 radical (unpaired) electrons. The maximum atomic E-state index is 12.4. The molecular weight excluding hydrogens is 243 g/mol. The number of rotatable bonds is 1. The molecule has 2 rings (SSSR count). The summed E-state index contributed by atoms with van der Waals surface area (Å²) in [6.07, 6.45) is -4.32. The number of aromatic nitrogens is 2. The number of nitrogens with zero attached hydrogens (tertiary/aromatic N) is 2. The van der Waals surface area contributed by atoms with Gasteiger partial charge in [-0.25, -0.2) is 4.98 Å². The molecular formula is C12H12F3N3. The van der Waals surface area contributed by atoms with Gasteiger partial charge in [0.15, 0.2) is 0 Å². The molecule has 0 saturated heterocycles. The first-order valence-electron chi connectivity index (χ1n) is 5.27. The van der Waals surface area contributed by atoms with Crippen LogP contribution in [0.25, 0.3) is 11.3 Å². The van der Waals surface area contributed by atoms with E-state index in [2.05, 4.69) is 4.98 Å². The molecule has 3 nitrogen and oxygen atoms in total. The molecule has 18 heavy (non-hydrogen) atoms. The summed E-state index contributed by atoms with van der Waals surface area (Å²) in [5, 5.41) is 0. The zero-order chi connectivity index (χ0) is 13.5. The van der Waals surface area contributed by atoms with Gasteiger partial charge >= 0.3 is 6.18 Å². The molecule has 0 aliphatic rings. The van der Waals surface area contributed by atoms with E-state index in [9.17, 15) is 13.2 Å². The highest BCUT2D eigenvalue weighted by Gasteiger charge is 2.30. The van der Waals surface area contributed by atoms with Gasteiger partial charge in [-0.1, -0.05) is 12.1 Å². The number of alkyl halides is 3. The van der Waals surface area contributed by atoms with Crippen LogP contribution in [-0.2, 0) is 13.2 Å². The number of nitrogen functional groups attached to an aromatic ring is 1. The normalized spacial score (nSPS) is 11.8. The number of imidazole rings is 1. The molecule has 0 saturated carbocycles. The lowest BCUT2D eigenvalue weighted by Crippen LogP contribution is -2.04. The first-order valence-corrected chi connectivity index (χ1v) is 5.27. The lowest BCUT2D eigenvalue weighted by Gasteiger charge is -2.07. The van der Waals surface area contributed by atoms with Crippen LogP contribution in [0.5, 0.6) is 0 Å². The second-order valence-electron chi connectivity index (χ2n) is 4.04. The number of hydrogen-bond acceptors (Lipinski definition) is 2. The SMILES string of the molecule is Cc1c(-c2ccc(C(F)(F)F)cc2)nc(N)n1C. The number of benzene rings is 1. The van der Waals surface area contributed by atoms with Crippen LogP contribution in [0.1, 0.15) is 11.3 Å². The Labute approximate surface area is 102 Å². The van der Waals surface area contributed by atoms with E-state index >= 15 is 0 Å². The summed E-state index contributed by atoms with van der Waals surface area (Å²) in [5.41, 5.74) is 7.01. The fourth-order valence-electron chi connectivity index (χ4n) is 1.69. The van der Waals surface area contributed by atoms with Gasteiger partial charge in [0.25, 0.3) is 0 Å². The van der Waals surface area contributed by atoms with E-state index in [-0.39, 0.29) is 0 Å². The first-order chi connectivity index (χ1) is 8.30. The van der Waals surface area contributed by atoms with Crippen molar-refractivity contribution in [3.8, 4) is 11.3 Å². The van der Waals surface area contributed by atoms with E-state index < -0.39 is 11.7 Å². The number of halogens is 3. The maximum absolute atomic E-state index is 12.4. The van der Waals surface area contributed by atoms with Crippen molar-refractivity contribution in [3.63, 3.8) is 0 Å². The van der Waals surface area contributed by atoms with Gasteiger partial charge in [0.05, 0.1) is 11.3 Å². The monoisotopic (exact) mass is 255 g/mol. The van der Waals surface area contributed by atoms with Crippen LogP contribution in [0, 0.1) is 6.92 Å². The van der Waals surface area contributed by atoms with Crippen molar-refractivity contribution >= 4 is 5.95 Å². The molecule has 0 fully saturated rings. The molecule has 0 spiro atoms. The van der Waals surface area contributed by atoms with Gasteiger partial charge in [-0.2, -0.15) is 13.2 Å². The van der Waals surface area contributed by atoms with Gasteiger partial charge in [0.1, 0.15) is 0 Å². The van der Waals surface area contributed by atoms with E-state index in [1.165, 1.54) is 12.1 Å². The van der Waals surface area contributed by atoms with Gasteiger partial charge < -0.3 is 10.3 Å². The average molecular weight is 255 g/mol. The Bertz CT molecular complexity index is 567. The van der Waals surface area contributed by atoms with Crippen molar-refractivity contribution in [3.05, 3.63) is 35.5 Å². The molecule has 96 valence electrons. The van der Waals surface area contributed by atoms with E-state index in [0.29, 0.717) is 17.2 Å². The highest BCUT2D eigenvalue weighted by Crippen LogP contribution is 2.31. The molecule has 1 aromatic heterocycles. The Morgan fingerprint density at radius 2 is 1.72 bits per heavy atom. The summed E-state index contributed by atoms with van der Waals surface area (Å²) < 4.78 is 39.0. The smallest absolute Gasteiger partial charge is 0.369 e. The fraction of sp³-hybridized carbons (Fsp3) is 0.250. The minimum absolute atomic E-state index is 0.336. The maximum Gasteiger partial charge on any atom is 0.416 e. The molecule has 0 aliphatic carbocycles. The number of anilines is 1. The zero-order valence-electron chi connectivity index (χ0n) is 9.92. The predicted molar refractivity (Wildman–Crippen MR) is 62.8 cm³/mol. The molecule has 2 N–H and O–H groups in total. The molecule has 0 bridgehead atoms.